The molecule has 112 valence electrons. The lowest BCUT2D eigenvalue weighted by Crippen LogP contribution is -2.53. The third kappa shape index (κ3) is 7.21. The van der Waals surface area contributed by atoms with Crippen LogP contribution in [0.3, 0.4) is 0 Å². The van der Waals surface area contributed by atoms with Crippen LogP contribution in [-0.4, -0.2) is 29.0 Å². The number of nitrogens with two attached hydrogens (primary N) is 1. The molecule has 1 fully saturated rings. The number of primary amides is 1. The van der Waals surface area contributed by atoms with Gasteiger partial charge in [0.15, 0.2) is 0 Å². The van der Waals surface area contributed by atoms with Gasteiger partial charge in [-0.05, 0) is 50.5 Å². The lowest BCUT2D eigenvalue weighted by Gasteiger charge is -2.27. The van der Waals surface area contributed by atoms with Gasteiger partial charge in [-0.2, -0.15) is 11.8 Å². The Morgan fingerprint density at radius 3 is 2.42 bits per heavy atom. The van der Waals surface area contributed by atoms with Gasteiger partial charge >= 0.3 is 0 Å². The smallest absolute Gasteiger partial charge is 0.237 e. The van der Waals surface area contributed by atoms with Gasteiger partial charge in [0.1, 0.15) is 0 Å². The molecule has 0 aromatic heterocycles. The minimum Gasteiger partial charge on any atom is -0.368 e. The van der Waals surface area contributed by atoms with E-state index in [4.69, 9.17) is 5.73 Å². The largest absolute Gasteiger partial charge is 0.368 e. The predicted octanol–water partition coefficient (Wildman–Crippen LogP) is 3.08. The number of hydrogen-bond donors (Lipinski definition) is 2. The van der Waals surface area contributed by atoms with Crippen LogP contribution < -0.4 is 11.1 Å². The van der Waals surface area contributed by atoms with E-state index in [0.717, 1.165) is 12.8 Å². The number of rotatable bonds is 12. The average Bonchev–Trinajstić information content (AvgIpc) is 3.16. The lowest BCUT2D eigenvalue weighted by atomic mass is 9.94. The standard InChI is InChI=1S/C15H30N2OS/c1-3-4-6-11-19-12-7-5-10-15(2,14(16)18)17-13-8-9-13/h13,17H,3-12H2,1-2H3,(H2,16,18). The molecule has 0 bridgehead atoms. The van der Waals surface area contributed by atoms with Crippen molar-refractivity contribution in [2.45, 2.75) is 76.8 Å². The number of unbranched alkanes of at least 4 members (excludes halogenated alkanes) is 3. The summed E-state index contributed by atoms with van der Waals surface area (Å²) >= 11 is 2.04. The van der Waals surface area contributed by atoms with Crippen molar-refractivity contribution in [1.29, 1.82) is 0 Å². The fourth-order valence-corrected chi connectivity index (χ4v) is 3.20. The highest BCUT2D eigenvalue weighted by Crippen LogP contribution is 2.25. The first-order chi connectivity index (χ1) is 9.08. The predicted molar refractivity (Wildman–Crippen MR) is 84.5 cm³/mol. The van der Waals surface area contributed by atoms with Crippen LogP contribution in [-0.2, 0) is 4.79 Å². The molecule has 19 heavy (non-hydrogen) atoms. The fraction of sp³-hybridized carbons (Fsp3) is 0.933. The molecule has 3 nitrogen and oxygen atoms in total. The first kappa shape index (κ1) is 16.8. The molecule has 1 unspecified atom stereocenters. The molecule has 0 radical (unpaired) electrons. The Labute approximate surface area is 122 Å². The maximum atomic E-state index is 11.6. The Balaban J connectivity index is 2.06. The molecule has 0 saturated heterocycles. The van der Waals surface area contributed by atoms with E-state index < -0.39 is 5.54 Å². The zero-order valence-corrected chi connectivity index (χ0v) is 13.4. The van der Waals surface area contributed by atoms with Crippen LogP contribution in [0.5, 0.6) is 0 Å². The number of amides is 1. The summed E-state index contributed by atoms with van der Waals surface area (Å²) in [6.45, 7) is 4.20. The minimum absolute atomic E-state index is 0.199. The Bertz CT molecular complexity index is 269. The SMILES string of the molecule is CCCCCSCCCCC(C)(NC1CC1)C(N)=O. The van der Waals surface area contributed by atoms with E-state index in [1.54, 1.807) is 0 Å². The Kier molecular flexibility index (Phi) is 7.84. The minimum atomic E-state index is -0.492. The molecule has 1 aliphatic rings. The molecule has 4 heteroatoms. The van der Waals surface area contributed by atoms with E-state index in [2.05, 4.69) is 12.2 Å². The van der Waals surface area contributed by atoms with Gasteiger partial charge in [-0.15, -0.1) is 0 Å². The van der Waals surface area contributed by atoms with E-state index >= 15 is 0 Å². The maximum absolute atomic E-state index is 11.6. The second kappa shape index (κ2) is 8.85. The van der Waals surface area contributed by atoms with Crippen LogP contribution in [0, 0.1) is 0 Å². The van der Waals surface area contributed by atoms with Crippen molar-refractivity contribution in [2.24, 2.45) is 5.73 Å². The number of hydrogen-bond acceptors (Lipinski definition) is 3. The number of carbonyl (C=O) groups excluding carboxylic acids is 1. The third-order valence-electron chi connectivity index (χ3n) is 3.75. The van der Waals surface area contributed by atoms with E-state index in [-0.39, 0.29) is 5.91 Å². The maximum Gasteiger partial charge on any atom is 0.237 e. The van der Waals surface area contributed by atoms with E-state index in [9.17, 15) is 4.79 Å². The van der Waals surface area contributed by atoms with Gasteiger partial charge in [0, 0.05) is 6.04 Å². The second-order valence-electron chi connectivity index (χ2n) is 5.89. The van der Waals surface area contributed by atoms with Gasteiger partial charge < -0.3 is 11.1 Å². The van der Waals surface area contributed by atoms with Crippen LogP contribution in [0.2, 0.25) is 0 Å². The summed E-state index contributed by atoms with van der Waals surface area (Å²) < 4.78 is 0. The average molecular weight is 286 g/mol. The molecule has 3 N–H and O–H groups in total. The number of nitrogens with one attached hydrogen (secondary N) is 1. The quantitative estimate of drug-likeness (QED) is 0.542. The van der Waals surface area contributed by atoms with Gasteiger partial charge in [0.05, 0.1) is 5.54 Å². The van der Waals surface area contributed by atoms with Gasteiger partial charge in [-0.25, -0.2) is 0 Å². The van der Waals surface area contributed by atoms with Gasteiger partial charge in [-0.1, -0.05) is 26.2 Å². The Morgan fingerprint density at radius 2 is 1.89 bits per heavy atom. The summed E-state index contributed by atoms with van der Waals surface area (Å²) in [6.07, 6.45) is 9.50. The summed E-state index contributed by atoms with van der Waals surface area (Å²) in [7, 11) is 0. The van der Waals surface area contributed by atoms with Crippen LogP contribution in [0.25, 0.3) is 0 Å². The molecule has 0 spiro atoms. The lowest BCUT2D eigenvalue weighted by molar-refractivity contribution is -0.124. The first-order valence-corrected chi connectivity index (χ1v) is 8.89. The summed E-state index contributed by atoms with van der Waals surface area (Å²) in [5, 5.41) is 3.40. The molecule has 0 heterocycles. The van der Waals surface area contributed by atoms with Crippen LogP contribution in [0.1, 0.15) is 65.2 Å². The molecule has 0 aromatic carbocycles. The highest BCUT2D eigenvalue weighted by atomic mass is 32.2. The van der Waals surface area contributed by atoms with Gasteiger partial charge in [0.25, 0.3) is 0 Å². The zero-order valence-electron chi connectivity index (χ0n) is 12.5. The van der Waals surface area contributed by atoms with Crippen molar-refractivity contribution < 1.29 is 4.79 Å². The normalized spacial score (nSPS) is 18.2. The molecule has 1 atom stereocenters. The summed E-state index contributed by atoms with van der Waals surface area (Å²) in [5.74, 6) is 2.29. The molecular weight excluding hydrogens is 256 g/mol. The highest BCUT2D eigenvalue weighted by Gasteiger charge is 2.36. The molecule has 1 rings (SSSR count). The van der Waals surface area contributed by atoms with Crippen molar-refractivity contribution in [3.63, 3.8) is 0 Å². The summed E-state index contributed by atoms with van der Waals surface area (Å²) in [5.41, 5.74) is 5.04. The number of thioether (sulfide) groups is 1. The Hall–Kier alpha value is -0.220. The monoisotopic (exact) mass is 286 g/mol. The van der Waals surface area contributed by atoms with E-state index in [1.807, 2.05) is 18.7 Å². The second-order valence-corrected chi connectivity index (χ2v) is 7.12. The van der Waals surface area contributed by atoms with Gasteiger partial charge in [0.2, 0.25) is 5.91 Å². The van der Waals surface area contributed by atoms with Crippen molar-refractivity contribution in [3.8, 4) is 0 Å². The van der Waals surface area contributed by atoms with Crippen molar-refractivity contribution in [1.82, 2.24) is 5.32 Å². The highest BCUT2D eigenvalue weighted by molar-refractivity contribution is 7.99. The number of carbonyl (C=O) groups is 1. The Morgan fingerprint density at radius 1 is 1.26 bits per heavy atom. The van der Waals surface area contributed by atoms with Crippen molar-refractivity contribution in [2.75, 3.05) is 11.5 Å². The van der Waals surface area contributed by atoms with Crippen molar-refractivity contribution >= 4 is 17.7 Å². The molecule has 1 aliphatic carbocycles. The summed E-state index contributed by atoms with van der Waals surface area (Å²) in [4.78, 5) is 11.6. The topological polar surface area (TPSA) is 55.1 Å². The first-order valence-electron chi connectivity index (χ1n) is 7.74. The molecule has 1 amide bonds. The zero-order chi connectivity index (χ0) is 14.1. The third-order valence-corrected chi connectivity index (χ3v) is 4.91. The molecule has 0 aromatic rings. The van der Waals surface area contributed by atoms with Gasteiger partial charge in [-0.3, -0.25) is 4.79 Å². The van der Waals surface area contributed by atoms with Crippen LogP contribution in [0.4, 0.5) is 0 Å². The molecule has 0 aliphatic heterocycles. The van der Waals surface area contributed by atoms with Crippen LogP contribution in [0.15, 0.2) is 0 Å². The van der Waals surface area contributed by atoms with Crippen LogP contribution >= 0.6 is 11.8 Å². The fourth-order valence-electron chi connectivity index (χ4n) is 2.18. The summed E-state index contributed by atoms with van der Waals surface area (Å²) in [6, 6.07) is 0.529. The van der Waals surface area contributed by atoms with E-state index in [0.29, 0.717) is 6.04 Å². The molecular formula is C15H30N2OS. The molecule has 1 saturated carbocycles. The van der Waals surface area contributed by atoms with E-state index in [1.165, 1.54) is 50.0 Å². The van der Waals surface area contributed by atoms with Crippen molar-refractivity contribution in [3.05, 3.63) is 0 Å².